The van der Waals surface area contributed by atoms with Crippen molar-refractivity contribution in [1.82, 2.24) is 4.72 Å². The number of ether oxygens (including phenoxy) is 1. The third-order valence-electron chi connectivity index (χ3n) is 2.56. The molecule has 1 rings (SSSR count). The van der Waals surface area contributed by atoms with Gasteiger partial charge in [-0.2, -0.15) is 0 Å². The molecule has 0 aliphatic rings. The van der Waals surface area contributed by atoms with Crippen LogP contribution in [0.25, 0.3) is 0 Å². The van der Waals surface area contributed by atoms with Gasteiger partial charge in [0.1, 0.15) is 6.61 Å². The van der Waals surface area contributed by atoms with E-state index in [2.05, 4.69) is 4.74 Å². The highest BCUT2D eigenvalue weighted by atomic mass is 32.2. The summed E-state index contributed by atoms with van der Waals surface area (Å²) in [5, 5.41) is 8.38. The third kappa shape index (κ3) is 5.37. The lowest BCUT2D eigenvalue weighted by Crippen LogP contribution is -2.38. The van der Waals surface area contributed by atoms with Crippen LogP contribution in [0.5, 0.6) is 0 Å². The highest BCUT2D eigenvalue weighted by Gasteiger charge is 2.30. The minimum atomic E-state index is -4.11. The zero-order valence-electron chi connectivity index (χ0n) is 11.2. The van der Waals surface area contributed by atoms with E-state index >= 15 is 0 Å². The summed E-state index contributed by atoms with van der Waals surface area (Å²) in [4.78, 5) is 10.8. The first kappa shape index (κ1) is 17.5. The smallest absolute Gasteiger partial charge is 0.309 e. The lowest BCUT2D eigenvalue weighted by atomic mass is 10.2. The van der Waals surface area contributed by atoms with E-state index in [1.54, 1.807) is 4.72 Å². The molecule has 0 aliphatic heterocycles. The van der Waals surface area contributed by atoms with Gasteiger partial charge >= 0.3 is 5.97 Å². The second-order valence-corrected chi connectivity index (χ2v) is 6.00. The van der Waals surface area contributed by atoms with Crippen LogP contribution in [0.2, 0.25) is 0 Å². The van der Waals surface area contributed by atoms with Crippen molar-refractivity contribution >= 4 is 16.0 Å². The van der Waals surface area contributed by atoms with E-state index in [0.717, 1.165) is 0 Å². The minimum Gasteiger partial charge on any atom is -0.469 e. The molecule has 0 spiro atoms. The summed E-state index contributed by atoms with van der Waals surface area (Å²) in [5.41, 5.74) is 0.529. The highest BCUT2D eigenvalue weighted by Crippen LogP contribution is 2.14. The number of carbonyl (C=O) groups excluding carboxylic acids is 1. The van der Waals surface area contributed by atoms with Gasteiger partial charge in [0, 0.05) is 0 Å². The van der Waals surface area contributed by atoms with Crippen LogP contribution < -0.4 is 4.72 Å². The molecule has 0 heterocycles. The number of hydrogen-bond acceptors (Lipinski definition) is 5. The number of benzene rings is 1. The quantitative estimate of drug-likeness (QED) is 0.705. The summed E-state index contributed by atoms with van der Waals surface area (Å²) in [5.74, 6) is -4.01. The number of rotatable bonds is 7. The van der Waals surface area contributed by atoms with Gasteiger partial charge < -0.3 is 9.84 Å². The number of aliphatic hydroxyl groups excluding tert-OH is 1. The van der Waals surface area contributed by atoms with E-state index in [1.807, 2.05) is 0 Å². The van der Waals surface area contributed by atoms with Crippen LogP contribution in [0, 0.1) is 0 Å². The van der Waals surface area contributed by atoms with E-state index in [0.29, 0.717) is 5.56 Å². The number of halogens is 2. The Kier molecular flexibility index (Phi) is 5.76. The van der Waals surface area contributed by atoms with Gasteiger partial charge in [0.2, 0.25) is 10.0 Å². The van der Waals surface area contributed by atoms with E-state index in [1.165, 1.54) is 31.4 Å². The van der Waals surface area contributed by atoms with Gasteiger partial charge in [-0.25, -0.2) is 21.9 Å². The van der Waals surface area contributed by atoms with Gasteiger partial charge in [0.25, 0.3) is 5.92 Å². The fraction of sp³-hybridized carbons (Fsp3) is 0.417. The molecule has 0 atom stereocenters. The van der Waals surface area contributed by atoms with Crippen LogP contribution in [0.3, 0.4) is 0 Å². The first-order valence-corrected chi connectivity index (χ1v) is 7.32. The second-order valence-electron chi connectivity index (χ2n) is 4.24. The first-order chi connectivity index (χ1) is 9.70. The number of nitrogens with one attached hydrogen (secondary N) is 1. The number of carbonyl (C=O) groups is 1. The Morgan fingerprint density at radius 1 is 1.33 bits per heavy atom. The number of hydrogen-bond donors (Lipinski definition) is 2. The van der Waals surface area contributed by atoms with Gasteiger partial charge in [0.15, 0.2) is 0 Å². The molecule has 9 heteroatoms. The van der Waals surface area contributed by atoms with E-state index < -0.39 is 35.1 Å². The topological polar surface area (TPSA) is 92.7 Å². The monoisotopic (exact) mass is 323 g/mol. The molecule has 1 aromatic carbocycles. The number of esters is 1. The van der Waals surface area contributed by atoms with Crippen LogP contribution in [0.4, 0.5) is 8.78 Å². The summed E-state index contributed by atoms with van der Waals surface area (Å²) >= 11 is 0. The van der Waals surface area contributed by atoms with Crippen LogP contribution in [-0.4, -0.2) is 45.7 Å². The van der Waals surface area contributed by atoms with Crippen LogP contribution in [-0.2, 0) is 26.0 Å². The molecule has 0 amide bonds. The van der Waals surface area contributed by atoms with Gasteiger partial charge in [0.05, 0.1) is 25.0 Å². The molecule has 2 N–H and O–H groups in total. The van der Waals surface area contributed by atoms with Crippen molar-refractivity contribution in [3.05, 3.63) is 29.8 Å². The average Bonchev–Trinajstić information content (AvgIpc) is 2.46. The maximum Gasteiger partial charge on any atom is 0.309 e. The standard InChI is InChI=1S/C12H15F2NO5S/c1-20-11(17)6-9-2-4-10(5-3-9)21(18,19)15-7-12(13,14)8-16/h2-5,15-16H,6-8H2,1H3. The number of methoxy groups -OCH3 is 1. The Morgan fingerprint density at radius 2 is 1.90 bits per heavy atom. The van der Waals surface area contributed by atoms with Crippen LogP contribution >= 0.6 is 0 Å². The Morgan fingerprint density at radius 3 is 2.38 bits per heavy atom. The Bertz CT molecular complexity index is 586. The minimum absolute atomic E-state index is 0.0210. The van der Waals surface area contributed by atoms with Crippen LogP contribution in [0.15, 0.2) is 29.2 Å². The maximum absolute atomic E-state index is 12.8. The fourth-order valence-corrected chi connectivity index (χ4v) is 2.43. The Balaban J connectivity index is 2.78. The lowest BCUT2D eigenvalue weighted by Gasteiger charge is -2.14. The molecule has 0 aromatic heterocycles. The van der Waals surface area contributed by atoms with Crippen molar-refractivity contribution in [3.63, 3.8) is 0 Å². The van der Waals surface area contributed by atoms with Gasteiger partial charge in [-0.1, -0.05) is 12.1 Å². The molecule has 0 bridgehead atoms. The molecule has 0 unspecified atom stereocenters. The van der Waals surface area contributed by atoms with Crippen molar-refractivity contribution in [3.8, 4) is 0 Å². The zero-order chi connectivity index (χ0) is 16.1. The van der Waals surface area contributed by atoms with E-state index in [-0.39, 0.29) is 11.3 Å². The molecule has 1 aromatic rings. The summed E-state index contributed by atoms with van der Waals surface area (Å²) in [7, 11) is -2.88. The molecule has 0 fully saturated rings. The molecular weight excluding hydrogens is 308 g/mol. The third-order valence-corrected chi connectivity index (χ3v) is 3.98. The molecule has 0 saturated carbocycles. The predicted molar refractivity (Wildman–Crippen MR) is 69.4 cm³/mol. The van der Waals surface area contributed by atoms with Crippen molar-refractivity contribution in [2.75, 3.05) is 20.3 Å². The zero-order valence-corrected chi connectivity index (χ0v) is 12.0. The molecule has 0 saturated heterocycles. The highest BCUT2D eigenvalue weighted by molar-refractivity contribution is 7.89. The van der Waals surface area contributed by atoms with Crippen molar-refractivity contribution in [2.45, 2.75) is 17.2 Å². The fourth-order valence-electron chi connectivity index (χ4n) is 1.37. The number of alkyl halides is 2. The molecular formula is C12H15F2NO5S. The largest absolute Gasteiger partial charge is 0.469 e. The number of aliphatic hydroxyl groups is 1. The molecule has 21 heavy (non-hydrogen) atoms. The summed E-state index contributed by atoms with van der Waals surface area (Å²) in [6, 6.07) is 5.15. The Hall–Kier alpha value is -1.58. The van der Waals surface area contributed by atoms with Crippen molar-refractivity contribution in [2.24, 2.45) is 0 Å². The van der Waals surface area contributed by atoms with Crippen LogP contribution in [0.1, 0.15) is 5.56 Å². The average molecular weight is 323 g/mol. The maximum atomic E-state index is 12.8. The summed E-state index contributed by atoms with van der Waals surface area (Å²) in [6.45, 7) is -2.65. The van der Waals surface area contributed by atoms with Gasteiger partial charge in [-0.3, -0.25) is 4.79 Å². The van der Waals surface area contributed by atoms with Crippen molar-refractivity contribution < 1.29 is 31.8 Å². The Labute approximate surface area is 120 Å². The second kappa shape index (κ2) is 6.92. The SMILES string of the molecule is COC(=O)Cc1ccc(S(=O)(=O)NCC(F)(F)CO)cc1. The van der Waals surface area contributed by atoms with Gasteiger partial charge in [-0.15, -0.1) is 0 Å². The predicted octanol–water partition coefficient (Wildman–Crippen LogP) is 0.308. The molecule has 0 radical (unpaired) electrons. The first-order valence-electron chi connectivity index (χ1n) is 5.84. The normalized spacial score (nSPS) is 12.2. The summed E-state index contributed by atoms with van der Waals surface area (Å²) < 4.78 is 55.3. The lowest BCUT2D eigenvalue weighted by molar-refractivity contribution is -0.139. The molecule has 6 nitrogen and oxygen atoms in total. The van der Waals surface area contributed by atoms with Crippen molar-refractivity contribution in [1.29, 1.82) is 0 Å². The molecule has 118 valence electrons. The summed E-state index contributed by atoms with van der Waals surface area (Å²) in [6.07, 6.45) is -0.0210. The van der Waals surface area contributed by atoms with E-state index in [9.17, 15) is 22.0 Å². The molecule has 0 aliphatic carbocycles. The van der Waals surface area contributed by atoms with Gasteiger partial charge in [-0.05, 0) is 17.7 Å². The van der Waals surface area contributed by atoms with E-state index in [4.69, 9.17) is 5.11 Å². The number of sulfonamides is 1.